The molecule has 0 bridgehead atoms. The largest absolute Gasteiger partial charge is 0.367 e. The molecular formula is C10H13NOS. The lowest BCUT2D eigenvalue weighted by atomic mass is 10.3. The van der Waals surface area contributed by atoms with Gasteiger partial charge in [-0.15, -0.1) is 17.9 Å². The van der Waals surface area contributed by atoms with Crippen molar-refractivity contribution in [3.63, 3.8) is 0 Å². The highest BCUT2D eigenvalue weighted by molar-refractivity contribution is 7.12. The molecule has 0 fully saturated rings. The minimum absolute atomic E-state index is 0.775. The number of anilines is 1. The van der Waals surface area contributed by atoms with Crippen LogP contribution in [0.3, 0.4) is 0 Å². The van der Waals surface area contributed by atoms with Gasteiger partial charge in [0.25, 0.3) is 0 Å². The Morgan fingerprint density at radius 1 is 1.69 bits per heavy atom. The molecule has 0 amide bonds. The fourth-order valence-electron chi connectivity index (χ4n) is 1.14. The minimum Gasteiger partial charge on any atom is -0.367 e. The van der Waals surface area contributed by atoms with E-state index in [2.05, 4.69) is 18.4 Å². The molecule has 0 spiro atoms. The number of rotatable bonds is 5. The summed E-state index contributed by atoms with van der Waals surface area (Å²) in [6.45, 7) is 7.53. The molecule has 0 saturated carbocycles. The van der Waals surface area contributed by atoms with Gasteiger partial charge in [-0.25, -0.2) is 0 Å². The van der Waals surface area contributed by atoms with E-state index >= 15 is 0 Å². The van der Waals surface area contributed by atoms with Crippen molar-refractivity contribution < 1.29 is 4.79 Å². The molecular weight excluding hydrogens is 182 g/mol. The van der Waals surface area contributed by atoms with Gasteiger partial charge in [-0.2, -0.15) is 0 Å². The molecule has 1 rings (SSSR count). The van der Waals surface area contributed by atoms with Gasteiger partial charge in [0, 0.05) is 24.2 Å². The van der Waals surface area contributed by atoms with Crippen LogP contribution < -0.4 is 4.90 Å². The minimum atomic E-state index is 0.775. The zero-order valence-corrected chi connectivity index (χ0v) is 8.51. The summed E-state index contributed by atoms with van der Waals surface area (Å²) in [5.41, 5.74) is 1.11. The van der Waals surface area contributed by atoms with E-state index in [4.69, 9.17) is 0 Å². The molecule has 1 aromatic heterocycles. The van der Waals surface area contributed by atoms with Crippen LogP contribution >= 0.6 is 11.3 Å². The Hall–Kier alpha value is -1.09. The number of likely N-dealkylation sites (N-methyl/N-ethyl adjacent to an activating group) is 1. The van der Waals surface area contributed by atoms with Crippen LogP contribution in [0.1, 0.15) is 16.6 Å². The van der Waals surface area contributed by atoms with Crippen molar-refractivity contribution in [2.24, 2.45) is 0 Å². The predicted octanol–water partition coefficient (Wildman–Crippen LogP) is 2.57. The van der Waals surface area contributed by atoms with Gasteiger partial charge in [-0.05, 0) is 13.0 Å². The molecule has 70 valence electrons. The predicted molar refractivity (Wildman–Crippen MR) is 57.8 cm³/mol. The molecule has 0 aromatic carbocycles. The zero-order chi connectivity index (χ0) is 9.68. The topological polar surface area (TPSA) is 20.3 Å². The van der Waals surface area contributed by atoms with Crippen LogP contribution in [-0.4, -0.2) is 19.4 Å². The first-order valence-electron chi connectivity index (χ1n) is 4.21. The van der Waals surface area contributed by atoms with E-state index in [1.54, 1.807) is 0 Å². The van der Waals surface area contributed by atoms with Crippen LogP contribution in [0, 0.1) is 0 Å². The fraction of sp³-hybridized carbons (Fsp3) is 0.300. The third-order valence-corrected chi connectivity index (χ3v) is 2.66. The molecule has 2 nitrogen and oxygen atoms in total. The van der Waals surface area contributed by atoms with E-state index in [0.29, 0.717) is 0 Å². The van der Waals surface area contributed by atoms with Gasteiger partial charge in [0.2, 0.25) is 0 Å². The summed E-state index contributed by atoms with van der Waals surface area (Å²) in [4.78, 5) is 13.4. The molecule has 0 aliphatic heterocycles. The monoisotopic (exact) mass is 195 g/mol. The average Bonchev–Trinajstić information content (AvgIpc) is 2.62. The summed E-state index contributed by atoms with van der Waals surface area (Å²) in [5.74, 6) is 0. The third kappa shape index (κ3) is 2.42. The summed E-state index contributed by atoms with van der Waals surface area (Å²) >= 11 is 1.48. The molecule has 0 unspecified atom stereocenters. The second-order valence-corrected chi connectivity index (χ2v) is 3.60. The van der Waals surface area contributed by atoms with Crippen LogP contribution in [0.2, 0.25) is 0 Å². The van der Waals surface area contributed by atoms with Crippen LogP contribution in [0.4, 0.5) is 5.69 Å². The molecule has 1 aromatic rings. The average molecular weight is 195 g/mol. The van der Waals surface area contributed by atoms with Gasteiger partial charge in [0.15, 0.2) is 6.29 Å². The highest BCUT2D eigenvalue weighted by Gasteiger charge is 2.04. The Kier molecular flexibility index (Phi) is 3.71. The lowest BCUT2D eigenvalue weighted by Crippen LogP contribution is -2.21. The highest BCUT2D eigenvalue weighted by Crippen LogP contribution is 2.21. The van der Waals surface area contributed by atoms with Crippen LogP contribution in [0.5, 0.6) is 0 Å². The van der Waals surface area contributed by atoms with Crippen molar-refractivity contribution in [1.82, 2.24) is 0 Å². The maximum absolute atomic E-state index is 10.5. The number of thiophene rings is 1. The van der Waals surface area contributed by atoms with Crippen molar-refractivity contribution in [2.45, 2.75) is 6.92 Å². The fourth-order valence-corrected chi connectivity index (χ4v) is 1.86. The van der Waals surface area contributed by atoms with Crippen LogP contribution in [0.15, 0.2) is 24.1 Å². The lowest BCUT2D eigenvalue weighted by Gasteiger charge is -2.18. The number of nitrogens with zero attached hydrogens (tertiary/aromatic N) is 1. The summed E-state index contributed by atoms with van der Waals surface area (Å²) in [5, 5.41) is 2.00. The number of carbonyl (C=O) groups is 1. The van der Waals surface area contributed by atoms with Gasteiger partial charge in [0.05, 0.1) is 4.88 Å². The Morgan fingerprint density at radius 3 is 2.92 bits per heavy atom. The van der Waals surface area contributed by atoms with Gasteiger partial charge in [-0.3, -0.25) is 4.79 Å². The zero-order valence-electron chi connectivity index (χ0n) is 7.69. The maximum Gasteiger partial charge on any atom is 0.160 e. The number of carbonyl (C=O) groups excluding carboxylic acids is 1. The molecule has 0 N–H and O–H groups in total. The first-order chi connectivity index (χ1) is 6.31. The smallest absolute Gasteiger partial charge is 0.160 e. The molecule has 0 saturated heterocycles. The molecule has 0 radical (unpaired) electrons. The van der Waals surface area contributed by atoms with E-state index in [0.717, 1.165) is 29.9 Å². The van der Waals surface area contributed by atoms with E-state index in [-0.39, 0.29) is 0 Å². The summed E-state index contributed by atoms with van der Waals surface area (Å²) < 4.78 is 0. The third-order valence-electron chi connectivity index (χ3n) is 1.82. The molecule has 3 heteroatoms. The maximum atomic E-state index is 10.5. The Balaban J connectivity index is 2.77. The molecule has 0 aliphatic carbocycles. The SMILES string of the molecule is C=CCN(CC)c1csc(C=O)c1. The van der Waals surface area contributed by atoms with Gasteiger partial charge >= 0.3 is 0 Å². The first-order valence-corrected chi connectivity index (χ1v) is 5.09. The molecule has 0 aliphatic rings. The van der Waals surface area contributed by atoms with Crippen molar-refractivity contribution >= 4 is 23.3 Å². The summed E-state index contributed by atoms with van der Waals surface area (Å²) in [6, 6.07) is 1.91. The van der Waals surface area contributed by atoms with Gasteiger partial charge in [-0.1, -0.05) is 6.08 Å². The Morgan fingerprint density at radius 2 is 2.46 bits per heavy atom. The first kappa shape index (κ1) is 9.99. The summed E-state index contributed by atoms with van der Waals surface area (Å²) in [6.07, 6.45) is 2.75. The van der Waals surface area contributed by atoms with Crippen molar-refractivity contribution in [3.8, 4) is 0 Å². The molecule has 1 heterocycles. The quantitative estimate of drug-likeness (QED) is 0.531. The van der Waals surface area contributed by atoms with Gasteiger partial charge in [0.1, 0.15) is 0 Å². The van der Waals surface area contributed by atoms with Gasteiger partial charge < -0.3 is 4.90 Å². The molecule has 0 atom stereocenters. The normalized spacial score (nSPS) is 9.62. The summed E-state index contributed by atoms with van der Waals surface area (Å²) in [7, 11) is 0. The van der Waals surface area contributed by atoms with Crippen LogP contribution in [-0.2, 0) is 0 Å². The standard InChI is InChI=1S/C10H13NOS/c1-3-5-11(4-2)9-6-10(7-12)13-8-9/h3,6-8H,1,4-5H2,2H3. The molecule has 13 heavy (non-hydrogen) atoms. The Bertz CT molecular complexity index is 293. The van der Waals surface area contributed by atoms with E-state index in [1.807, 2.05) is 17.5 Å². The van der Waals surface area contributed by atoms with E-state index in [1.165, 1.54) is 11.3 Å². The van der Waals surface area contributed by atoms with Crippen molar-refractivity contribution in [2.75, 3.05) is 18.0 Å². The van der Waals surface area contributed by atoms with Crippen molar-refractivity contribution in [1.29, 1.82) is 0 Å². The second kappa shape index (κ2) is 4.82. The second-order valence-electron chi connectivity index (χ2n) is 2.65. The van der Waals surface area contributed by atoms with Crippen molar-refractivity contribution in [3.05, 3.63) is 29.0 Å². The number of hydrogen-bond acceptors (Lipinski definition) is 3. The van der Waals surface area contributed by atoms with E-state index in [9.17, 15) is 4.79 Å². The van der Waals surface area contributed by atoms with Crippen LogP contribution in [0.25, 0.3) is 0 Å². The highest BCUT2D eigenvalue weighted by atomic mass is 32.1. The number of aldehydes is 1. The van der Waals surface area contributed by atoms with E-state index < -0.39 is 0 Å². The number of hydrogen-bond donors (Lipinski definition) is 0. The Labute approximate surface area is 82.5 Å². The lowest BCUT2D eigenvalue weighted by molar-refractivity contribution is 0.112.